The molecular formula is C33H42ClN5O5. The van der Waals surface area contributed by atoms with Crippen molar-refractivity contribution in [1.29, 1.82) is 0 Å². The number of hydrogen-bond donors (Lipinski definition) is 0. The van der Waals surface area contributed by atoms with Gasteiger partial charge in [-0.3, -0.25) is 14.4 Å². The van der Waals surface area contributed by atoms with E-state index in [-0.39, 0.29) is 24.1 Å². The molecule has 44 heavy (non-hydrogen) atoms. The van der Waals surface area contributed by atoms with E-state index in [1.54, 1.807) is 37.2 Å². The summed E-state index contributed by atoms with van der Waals surface area (Å²) in [4.78, 5) is 50.3. The molecule has 0 fully saturated rings. The van der Waals surface area contributed by atoms with Gasteiger partial charge in [-0.05, 0) is 49.4 Å². The number of fused-ring (bicyclic) bond motifs is 1. The zero-order valence-electron chi connectivity index (χ0n) is 25.8. The standard InChI is InChI=1S/C33H42ClN5O5/c1-4-29-35-30(44-36-29)16-17-31(40)39-19-9-8-18-37(2)33(42)27(22-24-12-6-5-7-13-24)38(3)32(41)26-23-25(34)14-15-28(26)43-21-11-10-20-39/h5-7,12-15,23,27H,4,8-11,16-22H2,1-3H3/t27-/m0/s1. The summed E-state index contributed by atoms with van der Waals surface area (Å²) in [6.45, 7) is 3.98. The van der Waals surface area contributed by atoms with Gasteiger partial charge in [0.2, 0.25) is 17.7 Å². The van der Waals surface area contributed by atoms with Gasteiger partial charge < -0.3 is 24.0 Å². The minimum absolute atomic E-state index is 0.0275. The maximum atomic E-state index is 13.8. The molecule has 2 heterocycles. The average molecular weight is 624 g/mol. The molecule has 0 spiro atoms. The number of hydrogen-bond acceptors (Lipinski definition) is 7. The Hall–Kier alpha value is -3.92. The molecule has 0 unspecified atom stereocenters. The van der Waals surface area contributed by atoms with Crippen LogP contribution in [0.25, 0.3) is 0 Å². The first-order valence-corrected chi connectivity index (χ1v) is 15.7. The molecule has 0 N–H and O–H groups in total. The number of amides is 3. The van der Waals surface area contributed by atoms with E-state index >= 15 is 0 Å². The average Bonchev–Trinajstić information content (AvgIpc) is 3.51. The van der Waals surface area contributed by atoms with E-state index in [9.17, 15) is 14.4 Å². The number of aryl methyl sites for hydroxylation is 2. The maximum absolute atomic E-state index is 13.8. The van der Waals surface area contributed by atoms with Gasteiger partial charge in [-0.25, -0.2) is 0 Å². The van der Waals surface area contributed by atoms with Crippen molar-refractivity contribution >= 4 is 29.3 Å². The van der Waals surface area contributed by atoms with Crippen LogP contribution in [0.5, 0.6) is 5.75 Å². The first-order valence-electron chi connectivity index (χ1n) is 15.3. The lowest BCUT2D eigenvalue weighted by molar-refractivity contribution is -0.135. The Kier molecular flexibility index (Phi) is 12.2. The van der Waals surface area contributed by atoms with Crippen molar-refractivity contribution in [1.82, 2.24) is 24.8 Å². The minimum Gasteiger partial charge on any atom is -0.493 e. The van der Waals surface area contributed by atoms with Gasteiger partial charge in [0.1, 0.15) is 11.8 Å². The molecule has 3 aromatic rings. The van der Waals surface area contributed by atoms with Crippen LogP contribution >= 0.6 is 11.6 Å². The number of halogens is 1. The molecule has 11 heteroatoms. The molecule has 4 rings (SSSR count). The minimum atomic E-state index is -0.728. The number of ether oxygens (including phenoxy) is 1. The second-order valence-electron chi connectivity index (χ2n) is 11.1. The molecule has 236 valence electrons. The second kappa shape index (κ2) is 16.2. The summed E-state index contributed by atoms with van der Waals surface area (Å²) in [5.74, 6) is 1.05. The van der Waals surface area contributed by atoms with E-state index in [4.69, 9.17) is 20.9 Å². The van der Waals surface area contributed by atoms with Crippen molar-refractivity contribution in [2.24, 2.45) is 0 Å². The first-order chi connectivity index (χ1) is 21.3. The first kappa shape index (κ1) is 33.0. The van der Waals surface area contributed by atoms with Crippen molar-refractivity contribution in [3.05, 3.63) is 76.4 Å². The van der Waals surface area contributed by atoms with E-state index in [1.807, 2.05) is 42.2 Å². The summed E-state index contributed by atoms with van der Waals surface area (Å²) >= 11 is 6.31. The number of carbonyl (C=O) groups is 3. The number of aromatic nitrogens is 2. The highest BCUT2D eigenvalue weighted by molar-refractivity contribution is 6.31. The number of rotatable bonds is 6. The van der Waals surface area contributed by atoms with Gasteiger partial charge in [-0.15, -0.1) is 0 Å². The SMILES string of the molecule is CCc1noc(CCC(=O)N2CCCCOc3ccc(Cl)cc3C(=O)N(C)[C@@H](Cc3ccccc3)C(=O)N(C)CCCC2)n1. The van der Waals surface area contributed by atoms with Crippen molar-refractivity contribution in [2.75, 3.05) is 40.3 Å². The summed E-state index contributed by atoms with van der Waals surface area (Å²) in [5.41, 5.74) is 1.26. The molecule has 2 aromatic carbocycles. The van der Waals surface area contributed by atoms with Crippen LogP contribution < -0.4 is 4.74 Å². The molecule has 0 radical (unpaired) electrons. The predicted molar refractivity (Wildman–Crippen MR) is 168 cm³/mol. The lowest BCUT2D eigenvalue weighted by Crippen LogP contribution is -2.49. The second-order valence-corrected chi connectivity index (χ2v) is 11.6. The van der Waals surface area contributed by atoms with Gasteiger partial charge in [0.15, 0.2) is 5.82 Å². The van der Waals surface area contributed by atoms with E-state index < -0.39 is 6.04 Å². The number of likely N-dealkylation sites (N-methyl/N-ethyl adjacent to an activating group) is 2. The Morgan fingerprint density at radius 3 is 2.45 bits per heavy atom. The molecule has 1 aliphatic heterocycles. The molecule has 0 saturated heterocycles. The third-order valence-electron chi connectivity index (χ3n) is 7.88. The largest absolute Gasteiger partial charge is 0.493 e. The molecule has 1 aromatic heterocycles. The van der Waals surface area contributed by atoms with Gasteiger partial charge in [0.25, 0.3) is 5.91 Å². The van der Waals surface area contributed by atoms with Gasteiger partial charge >= 0.3 is 0 Å². The molecule has 0 aliphatic carbocycles. The summed E-state index contributed by atoms with van der Waals surface area (Å²) in [5, 5.41) is 4.32. The third-order valence-corrected chi connectivity index (χ3v) is 8.11. The predicted octanol–water partition coefficient (Wildman–Crippen LogP) is 4.84. The van der Waals surface area contributed by atoms with Crippen molar-refractivity contribution in [3.8, 4) is 5.75 Å². The summed E-state index contributed by atoms with van der Waals surface area (Å²) < 4.78 is 11.3. The van der Waals surface area contributed by atoms with Crippen molar-refractivity contribution < 1.29 is 23.6 Å². The fourth-order valence-corrected chi connectivity index (χ4v) is 5.40. The molecule has 1 atom stereocenters. The number of carbonyl (C=O) groups excluding carboxylic acids is 3. The van der Waals surface area contributed by atoms with Gasteiger partial charge in [0.05, 0.1) is 12.2 Å². The Balaban J connectivity index is 1.52. The number of benzene rings is 2. The van der Waals surface area contributed by atoms with Crippen molar-refractivity contribution in [2.45, 2.75) is 64.3 Å². The van der Waals surface area contributed by atoms with Crippen molar-refractivity contribution in [3.63, 3.8) is 0 Å². The highest BCUT2D eigenvalue weighted by Crippen LogP contribution is 2.26. The Morgan fingerprint density at radius 1 is 1.00 bits per heavy atom. The molecule has 3 amide bonds. The quantitative estimate of drug-likeness (QED) is 0.386. The van der Waals surface area contributed by atoms with Crippen LogP contribution in [0, 0.1) is 0 Å². The van der Waals surface area contributed by atoms with Crippen LogP contribution in [0.1, 0.15) is 66.7 Å². The fourth-order valence-electron chi connectivity index (χ4n) is 5.23. The summed E-state index contributed by atoms with van der Waals surface area (Å²) in [7, 11) is 3.42. The fraction of sp³-hybridized carbons (Fsp3) is 0.485. The Morgan fingerprint density at radius 2 is 1.73 bits per heavy atom. The summed E-state index contributed by atoms with van der Waals surface area (Å²) in [6.07, 6.45) is 4.60. The smallest absolute Gasteiger partial charge is 0.258 e. The molecule has 0 saturated carbocycles. The molecule has 1 aliphatic rings. The molecular weight excluding hydrogens is 582 g/mol. The van der Waals surface area contributed by atoms with Gasteiger partial charge in [-0.2, -0.15) is 4.98 Å². The van der Waals surface area contributed by atoms with E-state index in [1.165, 1.54) is 4.90 Å². The molecule has 0 bridgehead atoms. The third kappa shape index (κ3) is 9.05. The lowest BCUT2D eigenvalue weighted by Gasteiger charge is -2.31. The highest BCUT2D eigenvalue weighted by Gasteiger charge is 2.31. The Labute approximate surface area is 264 Å². The van der Waals surface area contributed by atoms with Crippen LogP contribution in [-0.4, -0.2) is 88.9 Å². The zero-order chi connectivity index (χ0) is 31.5. The monoisotopic (exact) mass is 623 g/mol. The molecule has 10 nitrogen and oxygen atoms in total. The van der Waals surface area contributed by atoms with Crippen LogP contribution in [-0.2, 0) is 28.9 Å². The zero-order valence-corrected chi connectivity index (χ0v) is 26.6. The normalized spacial score (nSPS) is 17.6. The lowest BCUT2D eigenvalue weighted by atomic mass is 10.0. The van der Waals surface area contributed by atoms with Crippen LogP contribution in [0.3, 0.4) is 0 Å². The highest BCUT2D eigenvalue weighted by atomic mass is 35.5. The van der Waals surface area contributed by atoms with Crippen LogP contribution in [0.15, 0.2) is 53.1 Å². The number of nitrogens with zero attached hydrogens (tertiary/aromatic N) is 5. The van der Waals surface area contributed by atoms with E-state index in [0.717, 1.165) is 18.4 Å². The van der Waals surface area contributed by atoms with Gasteiger partial charge in [-0.1, -0.05) is 54.0 Å². The van der Waals surface area contributed by atoms with Crippen LogP contribution in [0.4, 0.5) is 0 Å². The maximum Gasteiger partial charge on any atom is 0.258 e. The Bertz CT molecular complexity index is 1400. The van der Waals surface area contributed by atoms with E-state index in [2.05, 4.69) is 10.1 Å². The topological polar surface area (TPSA) is 109 Å². The van der Waals surface area contributed by atoms with Crippen LogP contribution in [0.2, 0.25) is 5.02 Å². The van der Waals surface area contributed by atoms with E-state index in [0.29, 0.717) is 86.4 Å². The van der Waals surface area contributed by atoms with Gasteiger partial charge in [0, 0.05) is 64.4 Å². The summed E-state index contributed by atoms with van der Waals surface area (Å²) in [6, 6.07) is 13.9.